The molecule has 0 radical (unpaired) electrons. The Kier molecular flexibility index (Phi) is 4.09. The molecule has 0 aliphatic heterocycles. The Hall–Kier alpha value is -2.17. The quantitative estimate of drug-likeness (QED) is 0.864. The molecule has 0 aliphatic carbocycles. The number of rotatable bonds is 2. The van der Waals surface area contributed by atoms with E-state index in [0.717, 1.165) is 16.7 Å². The van der Waals surface area contributed by atoms with E-state index in [-0.39, 0.29) is 10.8 Å². The minimum absolute atomic E-state index is 0.148. The smallest absolute Gasteiger partial charge is 0.141 e. The highest BCUT2D eigenvalue weighted by Gasteiger charge is 2.26. The third-order valence-electron chi connectivity index (χ3n) is 3.49. The molecule has 1 aromatic carbocycles. The standard InChI is InChI=1S/C17H24N4O/c1-16(2,3)13-7-12(9-20-21-10-18-19-11-21)8-14(15(13)22)17(4,5)6/h7-11,22H,1-6H3/b20-9-. The van der Waals surface area contributed by atoms with Crippen LogP contribution in [0.2, 0.25) is 0 Å². The molecule has 1 heterocycles. The monoisotopic (exact) mass is 300 g/mol. The summed E-state index contributed by atoms with van der Waals surface area (Å²) in [6, 6.07) is 3.97. The maximum Gasteiger partial charge on any atom is 0.141 e. The minimum Gasteiger partial charge on any atom is -0.507 e. The van der Waals surface area contributed by atoms with Crippen LogP contribution >= 0.6 is 0 Å². The van der Waals surface area contributed by atoms with Crippen molar-refractivity contribution in [1.82, 2.24) is 14.9 Å². The molecule has 0 atom stereocenters. The summed E-state index contributed by atoms with van der Waals surface area (Å²) in [5, 5.41) is 22.4. The number of phenolic OH excluding ortho intramolecular Hbond substituents is 1. The Morgan fingerprint density at radius 3 is 1.82 bits per heavy atom. The summed E-state index contributed by atoms with van der Waals surface area (Å²) in [6.45, 7) is 12.6. The van der Waals surface area contributed by atoms with Crippen LogP contribution in [0.5, 0.6) is 5.75 Å². The van der Waals surface area contributed by atoms with E-state index in [4.69, 9.17) is 0 Å². The molecular formula is C17H24N4O. The molecule has 1 aromatic heterocycles. The van der Waals surface area contributed by atoms with Crippen molar-refractivity contribution in [3.05, 3.63) is 41.5 Å². The fourth-order valence-electron chi connectivity index (χ4n) is 2.26. The molecule has 0 amide bonds. The van der Waals surface area contributed by atoms with Gasteiger partial charge in [-0.15, -0.1) is 10.2 Å². The zero-order valence-electron chi connectivity index (χ0n) is 14.1. The highest BCUT2D eigenvalue weighted by atomic mass is 16.3. The summed E-state index contributed by atoms with van der Waals surface area (Å²) >= 11 is 0. The van der Waals surface area contributed by atoms with Crippen LogP contribution in [-0.2, 0) is 10.8 Å². The molecule has 0 unspecified atom stereocenters. The fourth-order valence-corrected chi connectivity index (χ4v) is 2.26. The second kappa shape index (κ2) is 5.55. The van der Waals surface area contributed by atoms with E-state index in [9.17, 15) is 5.11 Å². The Morgan fingerprint density at radius 1 is 0.955 bits per heavy atom. The van der Waals surface area contributed by atoms with Crippen LogP contribution < -0.4 is 0 Å². The fraction of sp³-hybridized carbons (Fsp3) is 0.471. The van der Waals surface area contributed by atoms with Crippen LogP contribution in [-0.4, -0.2) is 26.2 Å². The molecule has 0 saturated carbocycles. The van der Waals surface area contributed by atoms with E-state index >= 15 is 0 Å². The van der Waals surface area contributed by atoms with Gasteiger partial charge < -0.3 is 5.11 Å². The first-order valence-corrected chi connectivity index (χ1v) is 7.36. The lowest BCUT2D eigenvalue weighted by Gasteiger charge is -2.27. The first kappa shape index (κ1) is 16.2. The van der Waals surface area contributed by atoms with Crippen molar-refractivity contribution in [1.29, 1.82) is 0 Å². The van der Waals surface area contributed by atoms with Crippen molar-refractivity contribution in [2.75, 3.05) is 0 Å². The number of aromatic nitrogens is 3. The number of hydrogen-bond donors (Lipinski definition) is 1. The van der Waals surface area contributed by atoms with Crippen LogP contribution in [0.4, 0.5) is 0 Å². The Morgan fingerprint density at radius 2 is 1.41 bits per heavy atom. The van der Waals surface area contributed by atoms with Crippen molar-refractivity contribution in [2.45, 2.75) is 52.4 Å². The molecule has 0 saturated heterocycles. The lowest BCUT2D eigenvalue weighted by molar-refractivity contribution is 0.423. The molecular weight excluding hydrogens is 276 g/mol. The normalized spacial score (nSPS) is 13.0. The van der Waals surface area contributed by atoms with Crippen molar-refractivity contribution >= 4 is 6.21 Å². The van der Waals surface area contributed by atoms with Crippen LogP contribution in [0.15, 0.2) is 29.9 Å². The number of aromatic hydroxyl groups is 1. The van der Waals surface area contributed by atoms with Gasteiger partial charge in [-0.05, 0) is 28.5 Å². The first-order chi connectivity index (χ1) is 10.1. The molecule has 5 heteroatoms. The predicted molar refractivity (Wildman–Crippen MR) is 88.5 cm³/mol. The summed E-state index contributed by atoms with van der Waals surface area (Å²) < 4.78 is 1.54. The number of benzene rings is 1. The van der Waals surface area contributed by atoms with Crippen molar-refractivity contribution in [2.24, 2.45) is 5.10 Å². The van der Waals surface area contributed by atoms with Gasteiger partial charge in [-0.1, -0.05) is 41.5 Å². The number of phenols is 1. The topological polar surface area (TPSA) is 63.3 Å². The highest BCUT2D eigenvalue weighted by Crippen LogP contribution is 2.39. The third kappa shape index (κ3) is 3.53. The molecule has 0 bridgehead atoms. The number of nitrogens with zero attached hydrogens (tertiary/aromatic N) is 4. The van der Waals surface area contributed by atoms with Gasteiger partial charge in [0.1, 0.15) is 18.4 Å². The van der Waals surface area contributed by atoms with E-state index in [2.05, 4.69) is 56.8 Å². The zero-order valence-corrected chi connectivity index (χ0v) is 14.1. The summed E-state index contributed by atoms with van der Waals surface area (Å²) in [4.78, 5) is 0. The summed E-state index contributed by atoms with van der Waals surface area (Å²) in [5.74, 6) is 0.376. The second-order valence-corrected chi connectivity index (χ2v) is 7.55. The van der Waals surface area contributed by atoms with Crippen LogP contribution in [0.25, 0.3) is 0 Å². The molecule has 5 nitrogen and oxygen atoms in total. The van der Waals surface area contributed by atoms with E-state index in [0.29, 0.717) is 5.75 Å². The van der Waals surface area contributed by atoms with Gasteiger partial charge in [-0.25, -0.2) is 4.68 Å². The van der Waals surface area contributed by atoms with Gasteiger partial charge in [0.25, 0.3) is 0 Å². The Labute approximate surface area is 131 Å². The van der Waals surface area contributed by atoms with E-state index in [1.165, 1.54) is 12.7 Å². The lowest BCUT2D eigenvalue weighted by Crippen LogP contribution is -2.17. The predicted octanol–water partition coefficient (Wildman–Crippen LogP) is 3.46. The summed E-state index contributed by atoms with van der Waals surface area (Å²) in [7, 11) is 0. The van der Waals surface area contributed by atoms with Gasteiger partial charge in [-0.2, -0.15) is 5.10 Å². The molecule has 2 rings (SSSR count). The zero-order chi connectivity index (χ0) is 16.5. The molecule has 22 heavy (non-hydrogen) atoms. The van der Waals surface area contributed by atoms with Gasteiger partial charge in [0.2, 0.25) is 0 Å². The van der Waals surface area contributed by atoms with Gasteiger partial charge in [0.05, 0.1) is 6.21 Å². The van der Waals surface area contributed by atoms with Crippen molar-refractivity contribution in [3.63, 3.8) is 0 Å². The maximum absolute atomic E-state index is 10.7. The van der Waals surface area contributed by atoms with E-state index < -0.39 is 0 Å². The van der Waals surface area contributed by atoms with Crippen LogP contribution in [0, 0.1) is 0 Å². The largest absolute Gasteiger partial charge is 0.507 e. The number of hydrogen-bond acceptors (Lipinski definition) is 4. The summed E-state index contributed by atoms with van der Waals surface area (Å²) in [6.07, 6.45) is 4.83. The Balaban J connectivity index is 2.55. The molecule has 2 aromatic rings. The molecule has 0 spiro atoms. The van der Waals surface area contributed by atoms with Crippen LogP contribution in [0.3, 0.4) is 0 Å². The SMILES string of the molecule is CC(C)(C)c1cc(/C=N\n2cnnc2)cc(C(C)(C)C)c1O. The van der Waals surface area contributed by atoms with E-state index in [1.807, 2.05) is 12.1 Å². The second-order valence-electron chi connectivity index (χ2n) is 7.55. The van der Waals surface area contributed by atoms with Gasteiger partial charge in [0, 0.05) is 11.1 Å². The molecule has 1 N–H and O–H groups in total. The molecule has 0 aliphatic rings. The third-order valence-corrected chi connectivity index (χ3v) is 3.49. The maximum atomic E-state index is 10.7. The van der Waals surface area contributed by atoms with Crippen molar-refractivity contribution in [3.8, 4) is 5.75 Å². The average molecular weight is 300 g/mol. The molecule has 118 valence electrons. The first-order valence-electron chi connectivity index (χ1n) is 7.36. The Bertz CT molecular complexity index is 639. The molecule has 0 fully saturated rings. The summed E-state index contributed by atoms with van der Waals surface area (Å²) in [5.41, 5.74) is 2.49. The van der Waals surface area contributed by atoms with Gasteiger partial charge in [0.15, 0.2) is 0 Å². The van der Waals surface area contributed by atoms with Gasteiger partial charge >= 0.3 is 0 Å². The lowest BCUT2D eigenvalue weighted by atomic mass is 9.78. The van der Waals surface area contributed by atoms with Crippen LogP contribution in [0.1, 0.15) is 58.2 Å². The minimum atomic E-state index is -0.148. The highest BCUT2D eigenvalue weighted by molar-refractivity contribution is 5.81. The van der Waals surface area contributed by atoms with Crippen molar-refractivity contribution < 1.29 is 5.11 Å². The van der Waals surface area contributed by atoms with E-state index in [1.54, 1.807) is 10.9 Å². The van der Waals surface area contributed by atoms with Gasteiger partial charge in [-0.3, -0.25) is 0 Å². The average Bonchev–Trinajstić information content (AvgIpc) is 2.87.